The van der Waals surface area contributed by atoms with Gasteiger partial charge in [0.25, 0.3) is 16.8 Å². The van der Waals surface area contributed by atoms with Gasteiger partial charge in [-0.2, -0.15) is 0 Å². The van der Waals surface area contributed by atoms with Gasteiger partial charge >= 0.3 is 5.69 Å². The highest BCUT2D eigenvalue weighted by atomic mass is 32.2. The fourth-order valence-corrected chi connectivity index (χ4v) is 5.07. The van der Waals surface area contributed by atoms with Crippen molar-refractivity contribution >= 4 is 40.4 Å². The second kappa shape index (κ2) is 10.5. The highest BCUT2D eigenvalue weighted by Gasteiger charge is 2.37. The normalized spacial score (nSPS) is 15.3. The summed E-state index contributed by atoms with van der Waals surface area (Å²) in [6.07, 6.45) is 2.41. The third kappa shape index (κ3) is 5.02. The molecule has 1 aromatic heterocycles. The number of amides is 2. The van der Waals surface area contributed by atoms with Crippen molar-refractivity contribution < 1.29 is 24.2 Å². The quantitative estimate of drug-likeness (QED) is 0.180. The second-order valence-corrected chi connectivity index (χ2v) is 9.73. The molecule has 1 atom stereocenters. The number of imide groups is 1. The average molecular weight is 537 g/mol. The molecule has 0 bridgehead atoms. The van der Waals surface area contributed by atoms with E-state index in [2.05, 4.69) is 0 Å². The maximum Gasteiger partial charge on any atom is 0.318 e. The lowest BCUT2D eigenvalue weighted by atomic mass is 10.2. The molecule has 2 amide bonds. The van der Waals surface area contributed by atoms with Gasteiger partial charge in [-0.05, 0) is 87.0 Å². The van der Waals surface area contributed by atoms with Gasteiger partial charge in [-0.25, -0.2) is 0 Å². The van der Waals surface area contributed by atoms with Crippen molar-refractivity contribution in [3.8, 4) is 17.2 Å². The van der Waals surface area contributed by atoms with Crippen LogP contribution in [0.25, 0.3) is 11.8 Å². The van der Waals surface area contributed by atoms with Crippen LogP contribution in [0.3, 0.4) is 0 Å². The van der Waals surface area contributed by atoms with E-state index in [0.717, 1.165) is 46.5 Å². The van der Waals surface area contributed by atoms with E-state index in [9.17, 15) is 29.8 Å². The van der Waals surface area contributed by atoms with Crippen LogP contribution < -0.4 is 4.74 Å². The molecule has 12 heteroatoms. The lowest BCUT2D eigenvalue weighted by Crippen LogP contribution is -2.36. The summed E-state index contributed by atoms with van der Waals surface area (Å²) in [5, 5.41) is 22.1. The van der Waals surface area contributed by atoms with Crippen molar-refractivity contribution in [3.05, 3.63) is 90.6 Å². The van der Waals surface area contributed by atoms with E-state index in [4.69, 9.17) is 4.74 Å². The van der Waals surface area contributed by atoms with Crippen molar-refractivity contribution in [2.75, 3.05) is 0 Å². The molecule has 0 aliphatic carbocycles. The first-order chi connectivity index (χ1) is 18.0. The third-order valence-electron chi connectivity index (χ3n) is 6.28. The van der Waals surface area contributed by atoms with Gasteiger partial charge < -0.3 is 9.30 Å². The van der Waals surface area contributed by atoms with Crippen LogP contribution in [0.15, 0.2) is 53.4 Å². The van der Waals surface area contributed by atoms with E-state index in [0.29, 0.717) is 17.1 Å². The highest BCUT2D eigenvalue weighted by molar-refractivity contribution is 8.18. The van der Waals surface area contributed by atoms with Gasteiger partial charge in [0.05, 0.1) is 20.8 Å². The van der Waals surface area contributed by atoms with Crippen molar-refractivity contribution in [1.29, 1.82) is 0 Å². The lowest BCUT2D eigenvalue weighted by molar-refractivity contribution is -0.394. The number of nitro groups is 2. The summed E-state index contributed by atoms with van der Waals surface area (Å²) < 4.78 is 7.63. The monoisotopic (exact) mass is 536 g/mol. The summed E-state index contributed by atoms with van der Waals surface area (Å²) >= 11 is 0.936. The maximum absolute atomic E-state index is 12.8. The first-order valence-corrected chi connectivity index (χ1v) is 12.5. The molecule has 0 spiro atoms. The van der Waals surface area contributed by atoms with Gasteiger partial charge in [0.1, 0.15) is 5.75 Å². The van der Waals surface area contributed by atoms with E-state index in [1.807, 2.05) is 38.3 Å². The highest BCUT2D eigenvalue weighted by Crippen LogP contribution is 2.37. The first-order valence-electron chi connectivity index (χ1n) is 11.7. The smallest absolute Gasteiger partial charge is 0.318 e. The van der Waals surface area contributed by atoms with E-state index in [-0.39, 0.29) is 22.9 Å². The third-order valence-corrected chi connectivity index (χ3v) is 7.17. The van der Waals surface area contributed by atoms with E-state index < -0.39 is 21.2 Å². The number of nitro benzene ring substituents is 2. The number of rotatable bonds is 8. The zero-order valence-electron chi connectivity index (χ0n) is 21.0. The molecule has 0 N–H and O–H groups in total. The Balaban J connectivity index is 1.59. The van der Waals surface area contributed by atoms with Crippen molar-refractivity contribution in [2.45, 2.75) is 40.2 Å². The van der Waals surface area contributed by atoms with Crippen LogP contribution in [0.1, 0.15) is 37.2 Å². The van der Waals surface area contributed by atoms with Gasteiger partial charge in [0, 0.05) is 29.2 Å². The van der Waals surface area contributed by atoms with Gasteiger partial charge in [0.2, 0.25) is 5.75 Å². The SMILES string of the molecule is CC[C@H](C)N1C(=O)S/C(=C/c2cc(C)n(-c3ccc(Oc4ccc([N+](=O)[O-])cc4[N+](=O)[O-])cc3)c2C)C1=O. The average Bonchev–Trinajstić information content (AvgIpc) is 3.32. The molecule has 0 radical (unpaired) electrons. The van der Waals surface area contributed by atoms with Gasteiger partial charge in [0.15, 0.2) is 0 Å². The van der Waals surface area contributed by atoms with E-state index in [1.165, 1.54) is 11.0 Å². The zero-order valence-corrected chi connectivity index (χ0v) is 21.9. The zero-order chi connectivity index (χ0) is 27.7. The fraction of sp³-hybridized carbons (Fsp3) is 0.231. The number of carbonyl (C=O) groups excluding carboxylic acids is 2. The van der Waals surface area contributed by atoms with Crippen LogP contribution >= 0.6 is 11.8 Å². The number of benzene rings is 2. The van der Waals surface area contributed by atoms with Crippen LogP contribution in [0.5, 0.6) is 11.5 Å². The number of hydrogen-bond acceptors (Lipinski definition) is 8. The summed E-state index contributed by atoms with van der Waals surface area (Å²) in [6, 6.07) is 11.8. The Morgan fingerprint density at radius 1 is 1.03 bits per heavy atom. The molecular formula is C26H24N4O7S. The molecule has 2 aromatic carbocycles. The topological polar surface area (TPSA) is 138 Å². The molecule has 2 heterocycles. The Morgan fingerprint density at radius 2 is 1.71 bits per heavy atom. The van der Waals surface area contributed by atoms with Crippen molar-refractivity contribution in [2.24, 2.45) is 0 Å². The molecule has 38 heavy (non-hydrogen) atoms. The molecule has 11 nitrogen and oxygen atoms in total. The molecule has 0 unspecified atom stereocenters. The molecule has 0 saturated carbocycles. The van der Waals surface area contributed by atoms with Crippen LogP contribution in [0.4, 0.5) is 16.2 Å². The standard InChI is InChI=1S/C26H24N4O7S/c1-5-15(2)28-25(31)24(38-26(28)32)13-18-12-16(3)27(17(18)4)19-6-9-21(10-7-19)37-23-11-8-20(29(33)34)14-22(23)30(35)36/h6-15H,5H2,1-4H3/b24-13+/t15-/m0/s1. The van der Waals surface area contributed by atoms with E-state index in [1.54, 1.807) is 30.3 Å². The Hall–Kier alpha value is -4.45. The minimum atomic E-state index is -0.734. The van der Waals surface area contributed by atoms with Crippen LogP contribution in [-0.4, -0.2) is 36.5 Å². The summed E-state index contributed by atoms with van der Waals surface area (Å²) in [6.45, 7) is 7.59. The number of aromatic nitrogens is 1. The Bertz CT molecular complexity index is 1490. The van der Waals surface area contributed by atoms with Crippen LogP contribution in [0, 0.1) is 34.1 Å². The van der Waals surface area contributed by atoms with Crippen molar-refractivity contribution in [3.63, 3.8) is 0 Å². The van der Waals surface area contributed by atoms with Crippen molar-refractivity contribution in [1.82, 2.24) is 9.47 Å². The number of nitrogens with zero attached hydrogens (tertiary/aromatic N) is 4. The Labute approximate surface area is 222 Å². The Kier molecular flexibility index (Phi) is 7.35. The van der Waals surface area contributed by atoms with Crippen LogP contribution in [0.2, 0.25) is 0 Å². The lowest BCUT2D eigenvalue weighted by Gasteiger charge is -2.19. The number of non-ortho nitro benzene ring substituents is 1. The molecule has 1 aliphatic rings. The number of aryl methyl sites for hydroxylation is 1. The molecule has 1 fully saturated rings. The predicted octanol–water partition coefficient (Wildman–Crippen LogP) is 6.54. The summed E-state index contributed by atoms with van der Waals surface area (Å²) in [4.78, 5) is 47.8. The minimum Gasteiger partial charge on any atom is -0.450 e. The predicted molar refractivity (Wildman–Crippen MR) is 143 cm³/mol. The Morgan fingerprint density at radius 3 is 2.32 bits per heavy atom. The molecule has 1 saturated heterocycles. The van der Waals surface area contributed by atoms with Gasteiger partial charge in [-0.3, -0.25) is 34.7 Å². The first kappa shape index (κ1) is 26.6. The maximum atomic E-state index is 12.8. The number of carbonyl (C=O) groups is 2. The molecule has 4 rings (SSSR count). The molecule has 196 valence electrons. The summed E-state index contributed by atoms with van der Waals surface area (Å²) in [5.74, 6) is -0.0941. The van der Waals surface area contributed by atoms with E-state index >= 15 is 0 Å². The molecule has 3 aromatic rings. The minimum absolute atomic E-state index is 0.115. The second-order valence-electron chi connectivity index (χ2n) is 8.73. The number of ether oxygens (including phenoxy) is 1. The number of hydrogen-bond donors (Lipinski definition) is 0. The number of thioether (sulfide) groups is 1. The molecular weight excluding hydrogens is 512 g/mol. The van der Waals surface area contributed by atoms with Crippen LogP contribution in [-0.2, 0) is 4.79 Å². The fourth-order valence-electron chi connectivity index (χ4n) is 4.15. The van der Waals surface area contributed by atoms with Gasteiger partial charge in [-0.1, -0.05) is 6.92 Å². The summed E-state index contributed by atoms with van der Waals surface area (Å²) in [7, 11) is 0. The van der Waals surface area contributed by atoms with Gasteiger partial charge in [-0.15, -0.1) is 0 Å². The molecule has 1 aliphatic heterocycles. The largest absolute Gasteiger partial charge is 0.450 e. The summed E-state index contributed by atoms with van der Waals surface area (Å²) in [5.41, 5.74) is 2.44.